The number of hydrogen-bond acceptors (Lipinski definition) is 4. The van der Waals surface area contributed by atoms with Gasteiger partial charge in [0.25, 0.3) is 0 Å². The third-order valence-corrected chi connectivity index (χ3v) is 6.89. The number of para-hydroxylation sites is 1. The predicted molar refractivity (Wildman–Crippen MR) is 105 cm³/mol. The summed E-state index contributed by atoms with van der Waals surface area (Å²) in [6.07, 6.45) is 1.88. The SMILES string of the molecule is CCNC(=NCC(C)(C)S(C)(=O)=O)NC1CCN(c2c(F)cccc2F)C1. The smallest absolute Gasteiger partial charge is 0.191 e. The number of hydrogen-bond donors (Lipinski definition) is 2. The summed E-state index contributed by atoms with van der Waals surface area (Å²) >= 11 is 0. The molecule has 1 aromatic rings. The normalized spacial score (nSPS) is 18.7. The van der Waals surface area contributed by atoms with Crippen LogP contribution in [0.5, 0.6) is 0 Å². The molecule has 0 aliphatic carbocycles. The first-order valence-corrected chi connectivity index (χ1v) is 10.9. The van der Waals surface area contributed by atoms with Crippen LogP contribution in [0.4, 0.5) is 14.5 Å². The Balaban J connectivity index is 2.06. The highest BCUT2D eigenvalue weighted by atomic mass is 32.2. The molecule has 6 nitrogen and oxygen atoms in total. The first kappa shape index (κ1) is 21.4. The van der Waals surface area contributed by atoms with E-state index in [1.165, 1.54) is 24.5 Å². The van der Waals surface area contributed by atoms with Crippen molar-refractivity contribution in [2.24, 2.45) is 4.99 Å². The van der Waals surface area contributed by atoms with Crippen molar-refractivity contribution >= 4 is 21.5 Å². The van der Waals surface area contributed by atoms with E-state index in [1.807, 2.05) is 6.92 Å². The van der Waals surface area contributed by atoms with Gasteiger partial charge in [0.15, 0.2) is 15.8 Å². The summed E-state index contributed by atoms with van der Waals surface area (Å²) in [4.78, 5) is 6.07. The van der Waals surface area contributed by atoms with Crippen molar-refractivity contribution in [2.75, 3.05) is 37.3 Å². The molecule has 2 rings (SSSR count). The first-order valence-electron chi connectivity index (χ1n) is 8.98. The molecule has 1 aliphatic rings. The predicted octanol–water partition coefficient (Wildman–Crippen LogP) is 1.92. The Hall–Kier alpha value is -1.90. The molecule has 152 valence electrons. The van der Waals surface area contributed by atoms with Gasteiger partial charge in [0, 0.05) is 31.9 Å². The van der Waals surface area contributed by atoms with Gasteiger partial charge >= 0.3 is 0 Å². The van der Waals surface area contributed by atoms with Gasteiger partial charge in [-0.15, -0.1) is 0 Å². The van der Waals surface area contributed by atoms with E-state index < -0.39 is 26.2 Å². The molecule has 0 bridgehead atoms. The summed E-state index contributed by atoms with van der Waals surface area (Å²) in [5.74, 6) is -0.660. The van der Waals surface area contributed by atoms with Crippen molar-refractivity contribution in [3.63, 3.8) is 0 Å². The Bertz CT molecular complexity index is 776. The van der Waals surface area contributed by atoms with Gasteiger partial charge in [0.2, 0.25) is 0 Å². The van der Waals surface area contributed by atoms with E-state index in [-0.39, 0.29) is 18.3 Å². The minimum absolute atomic E-state index is 0.0121. The Morgan fingerprint density at radius 1 is 1.33 bits per heavy atom. The highest BCUT2D eigenvalue weighted by Crippen LogP contribution is 2.26. The van der Waals surface area contributed by atoms with Crippen LogP contribution in [0.1, 0.15) is 27.2 Å². The molecule has 0 saturated carbocycles. The van der Waals surface area contributed by atoms with Crippen LogP contribution in [0.15, 0.2) is 23.2 Å². The molecule has 0 spiro atoms. The summed E-state index contributed by atoms with van der Waals surface area (Å²) in [6, 6.07) is 3.79. The van der Waals surface area contributed by atoms with E-state index in [2.05, 4.69) is 15.6 Å². The van der Waals surface area contributed by atoms with Gasteiger partial charge in [0.05, 0.1) is 11.3 Å². The fourth-order valence-electron chi connectivity index (χ4n) is 2.77. The Morgan fingerprint density at radius 2 is 1.96 bits per heavy atom. The minimum atomic E-state index is -3.25. The summed E-state index contributed by atoms with van der Waals surface area (Å²) < 4.78 is 50.7. The second kappa shape index (κ2) is 8.41. The van der Waals surface area contributed by atoms with Crippen LogP contribution in [0.25, 0.3) is 0 Å². The number of halogens is 2. The first-order chi connectivity index (χ1) is 12.5. The number of nitrogens with one attached hydrogen (secondary N) is 2. The maximum absolute atomic E-state index is 14.0. The maximum atomic E-state index is 14.0. The fraction of sp³-hybridized carbons (Fsp3) is 0.611. The average Bonchev–Trinajstić information content (AvgIpc) is 3.00. The quantitative estimate of drug-likeness (QED) is 0.562. The van der Waals surface area contributed by atoms with E-state index >= 15 is 0 Å². The van der Waals surface area contributed by atoms with Crippen LogP contribution in [0.3, 0.4) is 0 Å². The molecule has 1 aliphatic heterocycles. The Labute approximate surface area is 160 Å². The number of rotatable bonds is 6. The van der Waals surface area contributed by atoms with Crippen molar-refractivity contribution in [2.45, 2.75) is 38.0 Å². The third-order valence-electron chi connectivity index (χ3n) is 4.75. The molecular weight excluding hydrogens is 374 g/mol. The second-order valence-corrected chi connectivity index (χ2v) is 10.0. The molecule has 9 heteroatoms. The second-order valence-electron chi connectivity index (χ2n) is 7.37. The molecule has 2 N–H and O–H groups in total. The van der Waals surface area contributed by atoms with Crippen molar-refractivity contribution in [1.82, 2.24) is 10.6 Å². The summed E-state index contributed by atoms with van der Waals surface area (Å²) in [6.45, 7) is 6.85. The highest BCUT2D eigenvalue weighted by molar-refractivity contribution is 7.92. The summed E-state index contributed by atoms with van der Waals surface area (Å²) in [5.41, 5.74) is -0.0121. The van der Waals surface area contributed by atoms with Gasteiger partial charge in [-0.05, 0) is 39.3 Å². The molecular formula is C18H28F2N4O2S. The summed E-state index contributed by atoms with van der Waals surface area (Å²) in [7, 11) is -3.25. The minimum Gasteiger partial charge on any atom is -0.365 e. The van der Waals surface area contributed by atoms with Crippen LogP contribution >= 0.6 is 0 Å². The zero-order chi connectivity index (χ0) is 20.2. The van der Waals surface area contributed by atoms with Gasteiger partial charge in [-0.2, -0.15) is 0 Å². The molecule has 1 aromatic carbocycles. The van der Waals surface area contributed by atoms with Gasteiger partial charge in [-0.3, -0.25) is 4.99 Å². The molecule has 0 amide bonds. The van der Waals surface area contributed by atoms with Crippen LogP contribution in [0.2, 0.25) is 0 Å². The zero-order valence-electron chi connectivity index (χ0n) is 16.2. The number of nitrogens with zero attached hydrogens (tertiary/aromatic N) is 2. The van der Waals surface area contributed by atoms with Gasteiger partial charge in [-0.1, -0.05) is 6.07 Å². The van der Waals surface area contributed by atoms with Gasteiger partial charge in [-0.25, -0.2) is 17.2 Å². The van der Waals surface area contributed by atoms with Crippen molar-refractivity contribution in [3.8, 4) is 0 Å². The molecule has 1 atom stereocenters. The summed E-state index contributed by atoms with van der Waals surface area (Å²) in [5, 5.41) is 6.33. The molecule has 1 heterocycles. The van der Waals surface area contributed by atoms with Crippen molar-refractivity contribution in [1.29, 1.82) is 0 Å². The maximum Gasteiger partial charge on any atom is 0.191 e. The lowest BCUT2D eigenvalue weighted by Crippen LogP contribution is -2.46. The van der Waals surface area contributed by atoms with Crippen LogP contribution in [0, 0.1) is 11.6 Å². The highest BCUT2D eigenvalue weighted by Gasteiger charge is 2.31. The lowest BCUT2D eigenvalue weighted by molar-refractivity contribution is 0.553. The number of aliphatic imine (C=N–C) groups is 1. The van der Waals surface area contributed by atoms with Crippen molar-refractivity contribution < 1.29 is 17.2 Å². The Kier molecular flexibility index (Phi) is 6.67. The Morgan fingerprint density at radius 3 is 2.52 bits per heavy atom. The van der Waals surface area contributed by atoms with Gasteiger partial charge in [0.1, 0.15) is 17.3 Å². The lowest BCUT2D eigenvalue weighted by Gasteiger charge is -2.23. The molecule has 0 radical (unpaired) electrons. The van der Waals surface area contributed by atoms with E-state index in [9.17, 15) is 17.2 Å². The van der Waals surface area contributed by atoms with E-state index in [1.54, 1.807) is 18.7 Å². The number of benzene rings is 1. The van der Waals surface area contributed by atoms with Crippen LogP contribution in [-0.2, 0) is 9.84 Å². The third kappa shape index (κ3) is 5.31. The molecule has 1 unspecified atom stereocenters. The fourth-order valence-corrected chi connectivity index (χ4v) is 3.07. The number of anilines is 1. The number of guanidine groups is 1. The van der Waals surface area contributed by atoms with E-state index in [4.69, 9.17) is 0 Å². The monoisotopic (exact) mass is 402 g/mol. The molecule has 0 aromatic heterocycles. The average molecular weight is 403 g/mol. The zero-order valence-corrected chi connectivity index (χ0v) is 17.0. The van der Waals surface area contributed by atoms with Crippen LogP contribution < -0.4 is 15.5 Å². The largest absolute Gasteiger partial charge is 0.365 e. The lowest BCUT2D eigenvalue weighted by atomic mass is 10.2. The van der Waals surface area contributed by atoms with Crippen molar-refractivity contribution in [3.05, 3.63) is 29.8 Å². The number of sulfone groups is 1. The van der Waals surface area contributed by atoms with E-state index in [0.717, 1.165) is 0 Å². The molecule has 1 saturated heterocycles. The van der Waals surface area contributed by atoms with E-state index in [0.29, 0.717) is 32.0 Å². The molecule has 1 fully saturated rings. The molecule has 27 heavy (non-hydrogen) atoms. The van der Waals surface area contributed by atoms with Crippen LogP contribution in [-0.4, -0.2) is 57.6 Å². The standard InChI is InChI=1S/C18H28F2N4O2S/c1-5-21-17(22-12-18(2,3)27(4,25)26)23-13-9-10-24(11-13)16-14(19)7-6-8-15(16)20/h6-8,13H,5,9-12H2,1-4H3,(H2,21,22,23). The topological polar surface area (TPSA) is 73.8 Å². The van der Waals surface area contributed by atoms with Gasteiger partial charge < -0.3 is 15.5 Å².